The number of fused-ring (bicyclic) bond motifs is 1. The van der Waals surface area contributed by atoms with Gasteiger partial charge in [0.15, 0.2) is 5.75 Å². The fourth-order valence-electron chi connectivity index (χ4n) is 4.14. The Hall–Kier alpha value is -3.92. The summed E-state index contributed by atoms with van der Waals surface area (Å²) in [6, 6.07) is 9.41. The van der Waals surface area contributed by atoms with Gasteiger partial charge in [-0.25, -0.2) is 9.97 Å². The second-order valence-corrected chi connectivity index (χ2v) is 8.95. The van der Waals surface area contributed by atoms with Crippen LogP contribution in [0.4, 0.5) is 17.5 Å². The Morgan fingerprint density at radius 2 is 1.80 bits per heavy atom. The highest BCUT2D eigenvalue weighted by atomic mass is 16.6. The smallest absolute Gasteiger partial charge is 0.257 e. The number of aliphatic hydroxyl groups excluding tert-OH is 1. The number of aliphatic hydroxyl groups is 1. The third kappa shape index (κ3) is 4.69. The van der Waals surface area contributed by atoms with Crippen molar-refractivity contribution in [1.29, 1.82) is 0 Å². The molecule has 2 N–H and O–H groups in total. The number of carbonyl (C=O) groups is 1. The van der Waals surface area contributed by atoms with Crippen LogP contribution in [0.15, 0.2) is 42.7 Å². The van der Waals surface area contributed by atoms with Crippen LogP contribution in [0.2, 0.25) is 0 Å². The molecule has 1 aliphatic carbocycles. The van der Waals surface area contributed by atoms with Crippen LogP contribution in [0.25, 0.3) is 11.1 Å². The molecule has 1 fully saturated rings. The molecule has 0 spiro atoms. The Kier molecular flexibility index (Phi) is 6.12. The lowest BCUT2D eigenvalue weighted by Crippen LogP contribution is -2.45. The number of pyridine rings is 1. The van der Waals surface area contributed by atoms with E-state index in [2.05, 4.69) is 20.2 Å². The van der Waals surface area contributed by atoms with Crippen molar-refractivity contribution < 1.29 is 19.4 Å². The van der Waals surface area contributed by atoms with Crippen LogP contribution in [0.3, 0.4) is 0 Å². The summed E-state index contributed by atoms with van der Waals surface area (Å²) in [5.41, 5.74) is 3.03. The molecule has 1 aliphatic heterocycles. The van der Waals surface area contributed by atoms with Gasteiger partial charge in [-0.1, -0.05) is 12.1 Å². The lowest BCUT2D eigenvalue weighted by molar-refractivity contribution is 0.0748. The van der Waals surface area contributed by atoms with Gasteiger partial charge in [0.2, 0.25) is 5.95 Å². The molecule has 0 radical (unpaired) electrons. The van der Waals surface area contributed by atoms with Gasteiger partial charge in [-0.15, -0.1) is 0 Å². The Balaban J connectivity index is 1.46. The number of anilines is 3. The van der Waals surface area contributed by atoms with Gasteiger partial charge in [-0.3, -0.25) is 4.79 Å². The predicted octanol–water partition coefficient (Wildman–Crippen LogP) is 2.71. The molecule has 0 atom stereocenters. The number of carbonyl (C=O) groups excluding carboxylic acids is 1. The van der Waals surface area contributed by atoms with E-state index in [9.17, 15) is 9.90 Å². The largest absolute Gasteiger partial charge is 0.484 e. The van der Waals surface area contributed by atoms with Crippen molar-refractivity contribution in [2.24, 2.45) is 0 Å². The zero-order valence-corrected chi connectivity index (χ0v) is 19.9. The Bertz CT molecular complexity index is 1230. The van der Waals surface area contributed by atoms with E-state index in [0.717, 1.165) is 16.9 Å². The summed E-state index contributed by atoms with van der Waals surface area (Å²) < 4.78 is 11.1. The molecule has 2 aromatic heterocycles. The second kappa shape index (κ2) is 9.38. The lowest BCUT2D eigenvalue weighted by Gasteiger charge is -2.39. The zero-order chi connectivity index (χ0) is 24.5. The number of benzene rings is 1. The van der Waals surface area contributed by atoms with Gasteiger partial charge in [-0.05, 0) is 30.5 Å². The first-order chi connectivity index (χ1) is 16.9. The van der Waals surface area contributed by atoms with Gasteiger partial charge in [-0.2, -0.15) is 4.98 Å². The van der Waals surface area contributed by atoms with Gasteiger partial charge in [0.1, 0.15) is 19.0 Å². The van der Waals surface area contributed by atoms with Crippen molar-refractivity contribution in [3.05, 3.63) is 48.3 Å². The molecular formula is C25H28N6O4. The third-order valence-corrected chi connectivity index (χ3v) is 6.24. The monoisotopic (exact) mass is 476 g/mol. The molecule has 1 amide bonds. The normalized spacial score (nSPS) is 18.4. The van der Waals surface area contributed by atoms with Gasteiger partial charge in [0.05, 0.1) is 18.0 Å². The van der Waals surface area contributed by atoms with Crippen molar-refractivity contribution in [3.8, 4) is 22.8 Å². The predicted molar refractivity (Wildman–Crippen MR) is 131 cm³/mol. The number of ether oxygens (including phenoxy) is 2. The first-order valence-electron chi connectivity index (χ1n) is 11.5. The number of amides is 1. The zero-order valence-electron chi connectivity index (χ0n) is 19.9. The van der Waals surface area contributed by atoms with E-state index in [4.69, 9.17) is 14.5 Å². The van der Waals surface area contributed by atoms with E-state index in [-0.39, 0.29) is 18.1 Å². The molecular weight excluding hydrogens is 448 g/mol. The highest BCUT2D eigenvalue weighted by molar-refractivity contribution is 5.94. The number of rotatable bonds is 6. The highest BCUT2D eigenvalue weighted by Crippen LogP contribution is 2.36. The van der Waals surface area contributed by atoms with Crippen LogP contribution in [0.1, 0.15) is 23.2 Å². The Labute approximate surface area is 203 Å². The summed E-state index contributed by atoms with van der Waals surface area (Å²) in [7, 11) is 5.43. The number of aromatic nitrogens is 3. The number of hydrogen-bond donors (Lipinski definition) is 2. The van der Waals surface area contributed by atoms with Crippen LogP contribution >= 0.6 is 0 Å². The van der Waals surface area contributed by atoms with Crippen molar-refractivity contribution >= 4 is 23.4 Å². The molecule has 0 bridgehead atoms. The molecule has 1 aromatic carbocycles. The number of nitrogens with one attached hydrogen (secondary N) is 1. The van der Waals surface area contributed by atoms with Gasteiger partial charge in [0, 0.05) is 50.6 Å². The maximum atomic E-state index is 12.3. The Morgan fingerprint density at radius 3 is 2.51 bits per heavy atom. The molecule has 1 saturated carbocycles. The first-order valence-corrected chi connectivity index (χ1v) is 11.5. The van der Waals surface area contributed by atoms with Crippen LogP contribution < -0.4 is 19.7 Å². The molecule has 2 aliphatic rings. The standard InChI is InChI=1S/C25H28N6O4/c1-30(2)24(33)16-6-4-15(5-7-16)20-14-27-25(29-22(20)31(3)18-11-19(32)12-18)28-17-10-21-23(26-13-17)35-9-8-34-21/h4-7,10,13-14,18-19,32H,8-9,11-12H2,1-3H3,(H,27,28,29). The van der Waals surface area contributed by atoms with E-state index in [1.807, 2.05) is 37.4 Å². The minimum Gasteiger partial charge on any atom is -0.484 e. The van der Waals surface area contributed by atoms with Crippen molar-refractivity contribution in [3.63, 3.8) is 0 Å². The minimum atomic E-state index is -0.287. The van der Waals surface area contributed by atoms with E-state index in [1.165, 1.54) is 0 Å². The fourth-order valence-corrected chi connectivity index (χ4v) is 4.14. The third-order valence-electron chi connectivity index (χ3n) is 6.24. The molecule has 0 saturated heterocycles. The second-order valence-electron chi connectivity index (χ2n) is 8.95. The van der Waals surface area contributed by atoms with E-state index >= 15 is 0 Å². The summed E-state index contributed by atoms with van der Waals surface area (Å²) in [5.74, 6) is 2.13. The molecule has 182 valence electrons. The van der Waals surface area contributed by atoms with Gasteiger partial charge in [0.25, 0.3) is 11.8 Å². The minimum absolute atomic E-state index is 0.0545. The Morgan fingerprint density at radius 1 is 1.06 bits per heavy atom. The fraction of sp³-hybridized carbons (Fsp3) is 0.360. The van der Waals surface area contributed by atoms with Crippen molar-refractivity contribution in [2.75, 3.05) is 44.6 Å². The topological polar surface area (TPSA) is 113 Å². The number of hydrogen-bond acceptors (Lipinski definition) is 9. The molecule has 35 heavy (non-hydrogen) atoms. The average molecular weight is 477 g/mol. The summed E-state index contributed by atoms with van der Waals surface area (Å²) in [6.07, 6.45) is 4.50. The van der Waals surface area contributed by atoms with E-state index in [0.29, 0.717) is 54.9 Å². The molecule has 10 heteroatoms. The maximum Gasteiger partial charge on any atom is 0.257 e. The van der Waals surface area contributed by atoms with E-state index < -0.39 is 0 Å². The molecule has 3 aromatic rings. The van der Waals surface area contributed by atoms with Crippen LogP contribution in [-0.4, -0.2) is 77.4 Å². The SMILES string of the molecule is CN(C)C(=O)c1ccc(-c2cnc(Nc3cnc4c(c3)OCCO4)nc2N(C)C2CC(O)C2)cc1. The van der Waals surface area contributed by atoms with Crippen LogP contribution in [0.5, 0.6) is 11.6 Å². The first kappa shape index (κ1) is 22.9. The number of nitrogens with zero attached hydrogens (tertiary/aromatic N) is 5. The van der Waals surface area contributed by atoms with Crippen molar-refractivity contribution in [1.82, 2.24) is 19.9 Å². The van der Waals surface area contributed by atoms with Crippen molar-refractivity contribution in [2.45, 2.75) is 25.0 Å². The molecule has 0 unspecified atom stereocenters. The summed E-state index contributed by atoms with van der Waals surface area (Å²) in [4.78, 5) is 29.6. The average Bonchev–Trinajstić information content (AvgIpc) is 2.86. The molecule has 3 heterocycles. The molecule has 5 rings (SSSR count). The highest BCUT2D eigenvalue weighted by Gasteiger charge is 2.32. The van der Waals surface area contributed by atoms with Crippen LogP contribution in [0, 0.1) is 0 Å². The van der Waals surface area contributed by atoms with Gasteiger partial charge < -0.3 is 29.7 Å². The maximum absolute atomic E-state index is 12.3. The van der Waals surface area contributed by atoms with E-state index in [1.54, 1.807) is 31.4 Å². The van der Waals surface area contributed by atoms with Gasteiger partial charge >= 0.3 is 0 Å². The lowest BCUT2D eigenvalue weighted by atomic mass is 9.88. The summed E-state index contributed by atoms with van der Waals surface area (Å²) in [6.45, 7) is 0.956. The summed E-state index contributed by atoms with van der Waals surface area (Å²) in [5, 5.41) is 13.0. The molecule has 10 nitrogen and oxygen atoms in total. The summed E-state index contributed by atoms with van der Waals surface area (Å²) >= 11 is 0. The quantitative estimate of drug-likeness (QED) is 0.554. The van der Waals surface area contributed by atoms with Crippen LogP contribution in [-0.2, 0) is 0 Å².